The topological polar surface area (TPSA) is 342 Å². The Labute approximate surface area is 466 Å². The molecule has 0 spiro atoms. The number of amides is 4. The van der Waals surface area contributed by atoms with Crippen molar-refractivity contribution in [3.05, 3.63) is 29.3 Å². The van der Waals surface area contributed by atoms with Crippen molar-refractivity contribution in [2.45, 2.75) is 101 Å². The first-order chi connectivity index (χ1) is 38.6. The lowest BCUT2D eigenvalue weighted by molar-refractivity contribution is -0.145. The van der Waals surface area contributed by atoms with Gasteiger partial charge >= 0.3 is 29.8 Å². The lowest BCUT2D eigenvalue weighted by Gasteiger charge is -2.35. The fourth-order valence-corrected chi connectivity index (χ4v) is 8.85. The third kappa shape index (κ3) is 28.9. The second kappa shape index (κ2) is 38.5. The van der Waals surface area contributed by atoms with E-state index in [0.717, 1.165) is 0 Å². The van der Waals surface area contributed by atoms with Crippen LogP contribution in [0.2, 0.25) is 0 Å². The number of ether oxygens (including phenoxy) is 5. The number of esters is 1. The smallest absolute Gasteiger partial charge is 0.320 e. The van der Waals surface area contributed by atoms with Crippen LogP contribution in [-0.2, 0) is 62.1 Å². The number of carboxylic acid groups (broad SMARTS) is 4. The van der Waals surface area contributed by atoms with E-state index >= 15 is 0 Å². The largest absolute Gasteiger partial charge is 0.480 e. The number of carboxylic acids is 4. The van der Waals surface area contributed by atoms with Crippen LogP contribution in [0.4, 0.5) is 17.6 Å². The van der Waals surface area contributed by atoms with E-state index < -0.39 is 114 Å². The molecule has 2 atom stereocenters. The Morgan fingerprint density at radius 3 is 1.46 bits per heavy atom. The van der Waals surface area contributed by atoms with E-state index in [2.05, 4.69) is 26.0 Å². The number of aliphatic carboxylic acids is 4. The van der Waals surface area contributed by atoms with Crippen LogP contribution >= 0.6 is 0 Å². The third-order valence-corrected chi connectivity index (χ3v) is 13.1. The van der Waals surface area contributed by atoms with E-state index in [1.807, 2.05) is 0 Å². The molecule has 1 aromatic carbocycles. The Morgan fingerprint density at radius 1 is 0.568 bits per heavy atom. The fourth-order valence-electron chi connectivity index (χ4n) is 8.85. The number of hydrogen-bond donors (Lipinski definition) is 8. The van der Waals surface area contributed by atoms with E-state index in [4.69, 9.17) is 18.9 Å². The molecule has 4 amide bonds. The van der Waals surface area contributed by atoms with Crippen molar-refractivity contribution in [1.82, 2.24) is 40.9 Å². The zero-order valence-corrected chi connectivity index (χ0v) is 45.6. The SMILES string of the molecule is COCCOCCOCCOCCNC(=O)[C@H](CCC(=O)NC1CCC(NC(=O)CCC(C(=O)O)N2CCN(CC(=O)O)CCN(CC(=O)O)CCN(CC(=O)O)CC2)CC1)NC(=O)CCCCC(=O)Oc1c(F)c(F)cc(F)c1F. The number of nitrogens with zero attached hydrogens (tertiary/aromatic N) is 4. The molecule has 3 rings (SSSR count). The molecule has 30 heteroatoms. The van der Waals surface area contributed by atoms with Crippen LogP contribution in [0, 0.1) is 23.3 Å². The quantitative estimate of drug-likeness (QED) is 0.0145. The van der Waals surface area contributed by atoms with E-state index in [1.54, 1.807) is 26.7 Å². The van der Waals surface area contributed by atoms with Crippen LogP contribution in [0.5, 0.6) is 5.75 Å². The van der Waals surface area contributed by atoms with Gasteiger partial charge in [0.1, 0.15) is 12.1 Å². The highest BCUT2D eigenvalue weighted by atomic mass is 19.2. The molecule has 458 valence electrons. The molecular formula is C51H78F4N8O18. The summed E-state index contributed by atoms with van der Waals surface area (Å²) in [6.45, 7) is 1.94. The van der Waals surface area contributed by atoms with Crippen molar-refractivity contribution in [2.24, 2.45) is 0 Å². The van der Waals surface area contributed by atoms with Gasteiger partial charge < -0.3 is 65.4 Å². The minimum atomic E-state index is -1.89. The molecule has 1 heterocycles. The first-order valence-electron chi connectivity index (χ1n) is 26.9. The minimum absolute atomic E-state index is 0.0190. The Hall–Kier alpha value is -6.15. The number of hydrogen-bond acceptors (Lipinski definition) is 18. The van der Waals surface area contributed by atoms with Crippen molar-refractivity contribution in [2.75, 3.05) is 132 Å². The normalized spacial score (nSPS) is 17.8. The molecule has 8 N–H and O–H groups in total. The number of carbonyl (C=O) groups excluding carboxylic acids is 5. The van der Waals surface area contributed by atoms with E-state index in [0.29, 0.717) is 52.1 Å². The zero-order valence-electron chi connectivity index (χ0n) is 45.6. The summed E-state index contributed by atoms with van der Waals surface area (Å²) < 4.78 is 80.6. The van der Waals surface area contributed by atoms with Crippen molar-refractivity contribution in [3.63, 3.8) is 0 Å². The molecule has 0 bridgehead atoms. The first kappa shape index (κ1) is 69.1. The summed E-state index contributed by atoms with van der Waals surface area (Å²) in [6, 6.07) is -3.04. The summed E-state index contributed by atoms with van der Waals surface area (Å²) in [7, 11) is 1.56. The summed E-state index contributed by atoms with van der Waals surface area (Å²) in [6.07, 6.45) is 0.443. The molecule has 0 aromatic heterocycles. The van der Waals surface area contributed by atoms with E-state index in [9.17, 15) is 81.1 Å². The van der Waals surface area contributed by atoms with Gasteiger partial charge in [0.2, 0.25) is 41.0 Å². The highest BCUT2D eigenvalue weighted by molar-refractivity contribution is 5.88. The predicted molar refractivity (Wildman–Crippen MR) is 276 cm³/mol. The molecule has 26 nitrogen and oxygen atoms in total. The molecule has 0 radical (unpaired) electrons. The van der Waals surface area contributed by atoms with Crippen LogP contribution in [0.1, 0.15) is 77.0 Å². The molecule has 1 aliphatic heterocycles. The molecule has 1 aromatic rings. The van der Waals surface area contributed by atoms with Gasteiger partial charge in [0.05, 0.1) is 65.9 Å². The first-order valence-corrected chi connectivity index (χ1v) is 26.9. The Morgan fingerprint density at radius 2 is 1.00 bits per heavy atom. The second-order valence-corrected chi connectivity index (χ2v) is 19.4. The zero-order chi connectivity index (χ0) is 59.7. The average Bonchev–Trinajstić information content (AvgIpc) is 3.42. The Bertz CT molecular complexity index is 2140. The predicted octanol–water partition coefficient (Wildman–Crippen LogP) is 0.0386. The van der Waals surface area contributed by atoms with Crippen molar-refractivity contribution in [3.8, 4) is 5.75 Å². The summed E-state index contributed by atoms with van der Waals surface area (Å²) in [4.78, 5) is 119. The molecule has 2 aliphatic rings. The summed E-state index contributed by atoms with van der Waals surface area (Å²) in [5.41, 5.74) is 0. The molecule has 1 unspecified atom stereocenters. The molecule has 1 aliphatic carbocycles. The van der Waals surface area contributed by atoms with Crippen molar-refractivity contribution >= 4 is 53.5 Å². The van der Waals surface area contributed by atoms with Gasteiger partial charge in [-0.25, -0.2) is 8.78 Å². The summed E-state index contributed by atoms with van der Waals surface area (Å²) in [5, 5.41) is 50.0. The van der Waals surface area contributed by atoms with Gasteiger partial charge in [-0.15, -0.1) is 0 Å². The van der Waals surface area contributed by atoms with Gasteiger partial charge in [0, 0.05) is 110 Å². The average molecular weight is 1170 g/mol. The number of methoxy groups -OCH3 is 1. The van der Waals surface area contributed by atoms with Crippen molar-refractivity contribution < 1.29 is 105 Å². The van der Waals surface area contributed by atoms with Crippen LogP contribution in [0.3, 0.4) is 0 Å². The van der Waals surface area contributed by atoms with Gasteiger partial charge in [-0.3, -0.25) is 62.8 Å². The van der Waals surface area contributed by atoms with E-state index in [-0.39, 0.29) is 148 Å². The van der Waals surface area contributed by atoms with Gasteiger partial charge in [-0.1, -0.05) is 0 Å². The molecule has 2 fully saturated rings. The maximum absolute atomic E-state index is 14.0. The molecule has 1 saturated heterocycles. The molecule has 1 saturated carbocycles. The maximum atomic E-state index is 14.0. The van der Waals surface area contributed by atoms with Crippen LogP contribution in [-0.4, -0.2) is 250 Å². The fraction of sp³-hybridized carbons (Fsp3) is 0.706. The van der Waals surface area contributed by atoms with Gasteiger partial charge in [-0.2, -0.15) is 8.78 Å². The minimum Gasteiger partial charge on any atom is -0.480 e. The van der Waals surface area contributed by atoms with Gasteiger partial charge in [0.25, 0.3) is 0 Å². The van der Waals surface area contributed by atoms with Crippen LogP contribution in [0.15, 0.2) is 6.07 Å². The lowest BCUT2D eigenvalue weighted by Crippen LogP contribution is -2.52. The van der Waals surface area contributed by atoms with Gasteiger partial charge in [0.15, 0.2) is 11.6 Å². The molecule has 81 heavy (non-hydrogen) atoms. The van der Waals surface area contributed by atoms with Crippen LogP contribution in [0.25, 0.3) is 0 Å². The monoisotopic (exact) mass is 1170 g/mol. The van der Waals surface area contributed by atoms with E-state index in [1.165, 1.54) is 0 Å². The number of benzene rings is 1. The number of rotatable bonds is 36. The standard InChI is InChI=1S/C51H78F4N8O18/c1-77-24-25-79-28-29-80-27-26-78-23-14-56-50(74)38(59-40(64)4-2-3-5-46(73)81-49-47(54)36(52)30-37(53)48(49)55)10-12-41(65)57-34-6-8-35(9-7-34)58-42(66)13-11-39(51(75)76)63-21-19-61(32-44(69)70)17-15-60(31-43(67)68)16-18-62(20-22-63)33-45(71)72/h30,34-35,38-39H,2-29,31-33H2,1H3,(H,56,74)(H,57,65)(H,58,66)(H,59,64)(H,67,68)(H,69,70)(H,71,72)(H,75,76)/t34?,35?,38-,39?/m0/s1. The van der Waals surface area contributed by atoms with Gasteiger partial charge in [-0.05, 0) is 51.4 Å². The Balaban J connectivity index is 1.51. The highest BCUT2D eigenvalue weighted by Crippen LogP contribution is 2.27. The highest BCUT2D eigenvalue weighted by Gasteiger charge is 2.31. The molecular weight excluding hydrogens is 1090 g/mol. The lowest BCUT2D eigenvalue weighted by atomic mass is 9.90. The second-order valence-electron chi connectivity index (χ2n) is 19.4. The summed E-state index contributed by atoms with van der Waals surface area (Å²) >= 11 is 0. The van der Waals surface area contributed by atoms with Crippen LogP contribution < -0.4 is 26.0 Å². The summed E-state index contributed by atoms with van der Waals surface area (Å²) in [5.74, 6) is -16.8. The maximum Gasteiger partial charge on any atom is 0.320 e. The number of carbonyl (C=O) groups is 9. The number of halogens is 4. The van der Waals surface area contributed by atoms with Crippen molar-refractivity contribution in [1.29, 1.82) is 0 Å². The Kier molecular flexibility index (Phi) is 32.9. The number of unbranched alkanes of at least 4 members (excludes halogenated alkanes) is 1. The number of nitrogens with one attached hydrogen (secondary N) is 4. The third-order valence-electron chi connectivity index (χ3n) is 13.1.